The van der Waals surface area contributed by atoms with Crippen molar-refractivity contribution in [3.63, 3.8) is 0 Å². The van der Waals surface area contributed by atoms with E-state index >= 15 is 0 Å². The lowest BCUT2D eigenvalue weighted by Crippen LogP contribution is -2.12. The van der Waals surface area contributed by atoms with Crippen LogP contribution < -0.4 is 10.1 Å². The molecule has 0 amide bonds. The highest BCUT2D eigenvalue weighted by Gasteiger charge is 2.15. The summed E-state index contributed by atoms with van der Waals surface area (Å²) in [6.07, 6.45) is 3.41. The molecule has 0 atom stereocenters. The van der Waals surface area contributed by atoms with Gasteiger partial charge in [0.1, 0.15) is 5.75 Å². The van der Waals surface area contributed by atoms with Gasteiger partial charge in [0.25, 0.3) is 0 Å². The van der Waals surface area contributed by atoms with Gasteiger partial charge >= 0.3 is 0 Å². The molecule has 19 heavy (non-hydrogen) atoms. The highest BCUT2D eigenvalue weighted by Crippen LogP contribution is 2.28. The van der Waals surface area contributed by atoms with Crippen LogP contribution in [0.1, 0.15) is 18.2 Å². The second kappa shape index (κ2) is 6.16. The summed E-state index contributed by atoms with van der Waals surface area (Å²) in [7, 11) is 1.88. The molecular formula is C13H17BrN4O. The molecule has 102 valence electrons. The van der Waals surface area contributed by atoms with Crippen LogP contribution in [0.4, 0.5) is 0 Å². The van der Waals surface area contributed by atoms with Gasteiger partial charge in [0.05, 0.1) is 17.5 Å². The van der Waals surface area contributed by atoms with E-state index in [2.05, 4.69) is 38.3 Å². The Morgan fingerprint density at radius 3 is 2.89 bits per heavy atom. The molecule has 0 fully saturated rings. The molecule has 0 aromatic carbocycles. The van der Waals surface area contributed by atoms with Gasteiger partial charge in [-0.3, -0.25) is 4.98 Å². The summed E-state index contributed by atoms with van der Waals surface area (Å²) in [5.74, 6) is 1.44. The highest BCUT2D eigenvalue weighted by atomic mass is 79.9. The minimum atomic E-state index is 0.690. The van der Waals surface area contributed by atoms with Crippen molar-refractivity contribution in [2.75, 3.05) is 6.54 Å². The Balaban J connectivity index is 2.28. The molecule has 0 aliphatic carbocycles. The molecule has 0 aliphatic rings. The molecular weight excluding hydrogens is 308 g/mol. The van der Waals surface area contributed by atoms with Crippen LogP contribution in [0.25, 0.3) is 0 Å². The van der Waals surface area contributed by atoms with E-state index in [-0.39, 0.29) is 0 Å². The van der Waals surface area contributed by atoms with Crippen molar-refractivity contribution >= 4 is 15.9 Å². The topological polar surface area (TPSA) is 52.0 Å². The molecule has 0 unspecified atom stereocenters. The molecule has 2 aromatic heterocycles. The Hall–Kier alpha value is -1.40. The lowest BCUT2D eigenvalue weighted by Gasteiger charge is -2.09. The highest BCUT2D eigenvalue weighted by molar-refractivity contribution is 9.10. The van der Waals surface area contributed by atoms with Gasteiger partial charge in [-0.05, 0) is 35.5 Å². The predicted octanol–water partition coefficient (Wildman–Crippen LogP) is 2.79. The monoisotopic (exact) mass is 324 g/mol. The maximum Gasteiger partial charge on any atom is 0.222 e. The number of pyridine rings is 1. The summed E-state index contributed by atoms with van der Waals surface area (Å²) >= 11 is 3.38. The zero-order valence-electron chi connectivity index (χ0n) is 11.3. The van der Waals surface area contributed by atoms with Crippen LogP contribution >= 0.6 is 15.9 Å². The van der Waals surface area contributed by atoms with Crippen LogP contribution in [-0.2, 0) is 13.6 Å². The van der Waals surface area contributed by atoms with E-state index in [4.69, 9.17) is 4.74 Å². The van der Waals surface area contributed by atoms with E-state index in [0.29, 0.717) is 5.75 Å². The van der Waals surface area contributed by atoms with E-state index in [1.165, 1.54) is 0 Å². The molecule has 1 N–H and O–H groups in total. The van der Waals surface area contributed by atoms with E-state index in [9.17, 15) is 0 Å². The van der Waals surface area contributed by atoms with Crippen molar-refractivity contribution in [1.82, 2.24) is 20.1 Å². The normalized spacial score (nSPS) is 10.7. The third-order valence-corrected chi connectivity index (χ3v) is 3.17. The fraction of sp³-hybridized carbons (Fsp3) is 0.385. The first-order valence-corrected chi connectivity index (χ1v) is 6.92. The van der Waals surface area contributed by atoms with Crippen LogP contribution in [0.5, 0.6) is 11.6 Å². The summed E-state index contributed by atoms with van der Waals surface area (Å²) in [5.41, 5.74) is 2.05. The number of nitrogens with zero attached hydrogens (tertiary/aromatic N) is 3. The molecule has 0 bridgehead atoms. The first kappa shape index (κ1) is 14.0. The quantitative estimate of drug-likeness (QED) is 0.918. The Labute approximate surface area is 121 Å². The summed E-state index contributed by atoms with van der Waals surface area (Å²) in [6, 6.07) is 1.88. The van der Waals surface area contributed by atoms with Crippen LogP contribution in [0.3, 0.4) is 0 Å². The molecule has 0 spiro atoms. The fourth-order valence-corrected chi connectivity index (χ4v) is 2.17. The molecule has 6 heteroatoms. The van der Waals surface area contributed by atoms with Crippen molar-refractivity contribution in [1.29, 1.82) is 0 Å². The fourth-order valence-electron chi connectivity index (χ4n) is 1.82. The van der Waals surface area contributed by atoms with Crippen LogP contribution in [0, 0.1) is 6.92 Å². The molecule has 2 heterocycles. The molecule has 5 nitrogen and oxygen atoms in total. The van der Waals surface area contributed by atoms with Gasteiger partial charge in [-0.1, -0.05) is 6.92 Å². The van der Waals surface area contributed by atoms with E-state index in [1.807, 2.05) is 20.0 Å². The van der Waals surface area contributed by atoms with Gasteiger partial charge in [0.15, 0.2) is 0 Å². The van der Waals surface area contributed by atoms with Gasteiger partial charge in [-0.2, -0.15) is 5.10 Å². The Morgan fingerprint density at radius 2 is 2.21 bits per heavy atom. The van der Waals surface area contributed by atoms with Crippen molar-refractivity contribution < 1.29 is 4.74 Å². The zero-order valence-corrected chi connectivity index (χ0v) is 12.9. The number of hydrogen-bond donors (Lipinski definition) is 1. The van der Waals surface area contributed by atoms with Gasteiger partial charge in [-0.15, -0.1) is 0 Å². The van der Waals surface area contributed by atoms with Gasteiger partial charge in [-0.25, -0.2) is 4.68 Å². The number of aryl methyl sites for hydroxylation is 2. The summed E-state index contributed by atoms with van der Waals surface area (Å²) in [6.45, 7) is 5.71. The lowest BCUT2D eigenvalue weighted by atomic mass is 10.2. The summed E-state index contributed by atoms with van der Waals surface area (Å²) < 4.78 is 8.55. The molecule has 0 saturated carbocycles. The number of aromatic nitrogens is 3. The first-order chi connectivity index (χ1) is 9.11. The van der Waals surface area contributed by atoms with Crippen molar-refractivity contribution in [2.45, 2.75) is 20.4 Å². The second-order valence-electron chi connectivity index (χ2n) is 4.21. The molecule has 0 aliphatic heterocycles. The van der Waals surface area contributed by atoms with E-state index in [1.54, 1.807) is 17.1 Å². The molecule has 0 saturated heterocycles. The summed E-state index contributed by atoms with van der Waals surface area (Å²) in [5, 5.41) is 7.70. The first-order valence-electron chi connectivity index (χ1n) is 6.13. The minimum absolute atomic E-state index is 0.690. The Kier molecular flexibility index (Phi) is 4.55. The third kappa shape index (κ3) is 3.33. The van der Waals surface area contributed by atoms with Gasteiger partial charge in [0, 0.05) is 24.3 Å². The number of nitrogens with one attached hydrogen (secondary N) is 1. The maximum absolute atomic E-state index is 5.91. The van der Waals surface area contributed by atoms with Crippen molar-refractivity contribution in [2.24, 2.45) is 7.05 Å². The Morgan fingerprint density at radius 1 is 1.42 bits per heavy atom. The maximum atomic E-state index is 5.91. The van der Waals surface area contributed by atoms with E-state index in [0.717, 1.165) is 34.7 Å². The molecule has 2 aromatic rings. The van der Waals surface area contributed by atoms with Gasteiger partial charge in [0.2, 0.25) is 5.88 Å². The average Bonchev–Trinajstić information content (AvgIpc) is 2.62. The number of ether oxygens (including phenoxy) is 1. The number of hydrogen-bond acceptors (Lipinski definition) is 4. The lowest BCUT2D eigenvalue weighted by molar-refractivity contribution is 0.422. The molecule has 2 rings (SSSR count). The second-order valence-corrected chi connectivity index (χ2v) is 5.13. The average molecular weight is 325 g/mol. The predicted molar refractivity (Wildman–Crippen MR) is 77.3 cm³/mol. The van der Waals surface area contributed by atoms with Crippen LogP contribution in [0.2, 0.25) is 0 Å². The molecule has 0 radical (unpaired) electrons. The largest absolute Gasteiger partial charge is 0.437 e. The van der Waals surface area contributed by atoms with Gasteiger partial charge < -0.3 is 10.1 Å². The zero-order chi connectivity index (χ0) is 13.8. The Bertz CT molecular complexity index is 568. The van der Waals surface area contributed by atoms with E-state index < -0.39 is 0 Å². The SMILES string of the molecule is CCNCc1c(C)nn(C)c1Oc1cncc(Br)c1. The third-order valence-electron chi connectivity index (χ3n) is 2.73. The van der Waals surface area contributed by atoms with Crippen LogP contribution in [0.15, 0.2) is 22.9 Å². The smallest absolute Gasteiger partial charge is 0.222 e. The minimum Gasteiger partial charge on any atom is -0.437 e. The summed E-state index contributed by atoms with van der Waals surface area (Å²) in [4.78, 5) is 4.09. The number of rotatable bonds is 5. The van der Waals surface area contributed by atoms with Crippen molar-refractivity contribution in [3.8, 4) is 11.6 Å². The number of halogens is 1. The van der Waals surface area contributed by atoms with Crippen molar-refractivity contribution in [3.05, 3.63) is 34.2 Å². The standard InChI is InChI=1S/C13H17BrN4O/c1-4-15-8-12-9(2)17-18(3)13(12)19-11-5-10(14)6-16-7-11/h5-7,15H,4,8H2,1-3H3. The van der Waals surface area contributed by atoms with Crippen LogP contribution in [-0.4, -0.2) is 21.3 Å².